The standard InChI is InChI=1S/C33H25Br2N7O/c34-28-18-22(19-29(35)30(28)43-21-24-12-9-11-23-10-7-8-17-27(23)24)20-36-42-33-40-31(37-25-13-3-1-4-14-25)39-32(41-33)38-26-15-5-2-6-16-26/h1-20H,21H2,(H3,37,38,39,40,41,42)/b36-20+. The minimum absolute atomic E-state index is 0.274. The minimum atomic E-state index is 0.274. The molecule has 212 valence electrons. The number of aromatic nitrogens is 3. The molecule has 0 unspecified atom stereocenters. The second kappa shape index (κ2) is 13.5. The van der Waals surface area contributed by atoms with Crippen LogP contribution in [0.25, 0.3) is 10.8 Å². The number of ether oxygens (including phenoxy) is 1. The Bertz CT molecular complexity index is 1800. The summed E-state index contributed by atoms with van der Waals surface area (Å²) >= 11 is 7.31. The van der Waals surface area contributed by atoms with Crippen molar-refractivity contribution in [3.8, 4) is 5.75 Å². The maximum atomic E-state index is 6.22. The Kier molecular flexibility index (Phi) is 8.86. The topological polar surface area (TPSA) is 96.4 Å². The predicted molar refractivity (Wildman–Crippen MR) is 181 cm³/mol. The highest BCUT2D eigenvalue weighted by molar-refractivity contribution is 9.11. The summed E-state index contributed by atoms with van der Waals surface area (Å²) < 4.78 is 7.82. The van der Waals surface area contributed by atoms with Gasteiger partial charge in [-0.3, -0.25) is 0 Å². The Morgan fingerprint density at radius 2 is 1.21 bits per heavy atom. The third-order valence-electron chi connectivity index (χ3n) is 6.35. The Morgan fingerprint density at radius 1 is 0.651 bits per heavy atom. The molecule has 0 atom stereocenters. The minimum Gasteiger partial charge on any atom is -0.487 e. The summed E-state index contributed by atoms with van der Waals surface area (Å²) in [4.78, 5) is 13.5. The molecule has 3 N–H and O–H groups in total. The lowest BCUT2D eigenvalue weighted by Gasteiger charge is -2.13. The number of fused-ring (bicyclic) bond motifs is 1. The fourth-order valence-electron chi connectivity index (χ4n) is 4.36. The van der Waals surface area contributed by atoms with Gasteiger partial charge in [-0.2, -0.15) is 20.1 Å². The summed E-state index contributed by atoms with van der Waals surface area (Å²) in [6, 6.07) is 37.8. The molecule has 8 nitrogen and oxygen atoms in total. The van der Waals surface area contributed by atoms with Crippen LogP contribution in [0.2, 0.25) is 0 Å². The van der Waals surface area contributed by atoms with E-state index in [0.717, 1.165) is 31.4 Å². The molecule has 0 spiro atoms. The largest absolute Gasteiger partial charge is 0.487 e. The van der Waals surface area contributed by atoms with Crippen LogP contribution in [0.4, 0.5) is 29.2 Å². The Morgan fingerprint density at radius 3 is 1.86 bits per heavy atom. The number of benzene rings is 5. The first-order chi connectivity index (χ1) is 21.1. The second-order valence-electron chi connectivity index (χ2n) is 9.40. The third-order valence-corrected chi connectivity index (χ3v) is 7.52. The van der Waals surface area contributed by atoms with E-state index < -0.39 is 0 Å². The molecule has 0 fully saturated rings. The number of para-hydroxylation sites is 2. The monoisotopic (exact) mass is 693 g/mol. The fourth-order valence-corrected chi connectivity index (χ4v) is 5.81. The second-order valence-corrected chi connectivity index (χ2v) is 11.1. The number of nitrogens with zero attached hydrogens (tertiary/aromatic N) is 4. The molecule has 0 aliphatic heterocycles. The van der Waals surface area contributed by atoms with Crippen LogP contribution in [-0.4, -0.2) is 21.2 Å². The van der Waals surface area contributed by atoms with Crippen molar-refractivity contribution in [1.82, 2.24) is 15.0 Å². The van der Waals surface area contributed by atoms with Gasteiger partial charge < -0.3 is 15.4 Å². The molecule has 1 aromatic heterocycles. The van der Waals surface area contributed by atoms with Crippen molar-refractivity contribution >= 4 is 78.1 Å². The van der Waals surface area contributed by atoms with Crippen molar-refractivity contribution in [3.63, 3.8) is 0 Å². The molecule has 0 bridgehead atoms. The third kappa shape index (κ3) is 7.35. The van der Waals surface area contributed by atoms with Crippen LogP contribution in [0.1, 0.15) is 11.1 Å². The summed E-state index contributed by atoms with van der Waals surface area (Å²) in [7, 11) is 0. The molecule has 43 heavy (non-hydrogen) atoms. The van der Waals surface area contributed by atoms with Gasteiger partial charge in [0.15, 0.2) is 0 Å². The maximum Gasteiger partial charge on any atom is 0.250 e. The van der Waals surface area contributed by atoms with E-state index in [1.807, 2.05) is 91.0 Å². The Labute approximate surface area is 265 Å². The molecule has 0 amide bonds. The average Bonchev–Trinajstić information content (AvgIpc) is 3.02. The van der Waals surface area contributed by atoms with Gasteiger partial charge >= 0.3 is 0 Å². The van der Waals surface area contributed by atoms with Crippen LogP contribution in [0.5, 0.6) is 5.75 Å². The molecule has 0 aliphatic rings. The van der Waals surface area contributed by atoms with Crippen LogP contribution in [-0.2, 0) is 6.61 Å². The van der Waals surface area contributed by atoms with E-state index in [-0.39, 0.29) is 5.95 Å². The van der Waals surface area contributed by atoms with E-state index in [0.29, 0.717) is 24.3 Å². The van der Waals surface area contributed by atoms with Crippen molar-refractivity contribution < 1.29 is 4.74 Å². The van der Waals surface area contributed by atoms with Gasteiger partial charge in [0, 0.05) is 11.4 Å². The molecule has 1 heterocycles. The summed E-state index contributed by atoms with van der Waals surface area (Å²) in [6.07, 6.45) is 1.68. The van der Waals surface area contributed by atoms with Gasteiger partial charge in [0.2, 0.25) is 17.8 Å². The molecule has 0 radical (unpaired) electrons. The van der Waals surface area contributed by atoms with E-state index >= 15 is 0 Å². The van der Waals surface area contributed by atoms with Crippen LogP contribution >= 0.6 is 31.9 Å². The van der Waals surface area contributed by atoms with Crippen LogP contribution in [0, 0.1) is 0 Å². The van der Waals surface area contributed by atoms with Crippen molar-refractivity contribution in [1.29, 1.82) is 0 Å². The van der Waals surface area contributed by atoms with Crippen LogP contribution < -0.4 is 20.8 Å². The van der Waals surface area contributed by atoms with Gasteiger partial charge in [0.05, 0.1) is 15.2 Å². The lowest BCUT2D eigenvalue weighted by molar-refractivity contribution is 0.303. The number of halogens is 2. The van der Waals surface area contributed by atoms with Crippen molar-refractivity contribution in [2.24, 2.45) is 5.10 Å². The Hall–Kier alpha value is -4.80. The molecule has 0 saturated heterocycles. The lowest BCUT2D eigenvalue weighted by Crippen LogP contribution is -2.07. The first-order valence-corrected chi connectivity index (χ1v) is 15.0. The van der Waals surface area contributed by atoms with Gasteiger partial charge in [0.1, 0.15) is 12.4 Å². The van der Waals surface area contributed by atoms with Crippen LogP contribution in [0.3, 0.4) is 0 Å². The van der Waals surface area contributed by atoms with E-state index in [2.05, 4.69) is 92.2 Å². The predicted octanol–water partition coefficient (Wildman–Crippen LogP) is 9.06. The molecule has 0 aliphatic carbocycles. The first-order valence-electron chi connectivity index (χ1n) is 13.4. The molecular formula is C33H25Br2N7O. The number of hydrogen-bond acceptors (Lipinski definition) is 8. The molecule has 10 heteroatoms. The molecule has 6 rings (SSSR count). The highest BCUT2D eigenvalue weighted by Gasteiger charge is 2.11. The fraction of sp³-hybridized carbons (Fsp3) is 0.0303. The summed E-state index contributed by atoms with van der Waals surface area (Å²) in [5, 5.41) is 13.2. The number of rotatable bonds is 10. The maximum absolute atomic E-state index is 6.22. The highest BCUT2D eigenvalue weighted by atomic mass is 79.9. The van der Waals surface area contributed by atoms with E-state index in [1.165, 1.54) is 10.8 Å². The summed E-state index contributed by atoms with van der Waals surface area (Å²) in [5.74, 6) is 1.73. The first kappa shape index (κ1) is 28.3. The zero-order valence-electron chi connectivity index (χ0n) is 22.7. The normalized spacial score (nSPS) is 11.0. The average molecular weight is 695 g/mol. The molecule has 5 aromatic carbocycles. The number of hydrogen-bond donors (Lipinski definition) is 3. The molecule has 6 aromatic rings. The van der Waals surface area contributed by atoms with Gasteiger partial charge in [-0.25, -0.2) is 5.43 Å². The van der Waals surface area contributed by atoms with E-state index in [4.69, 9.17) is 4.74 Å². The van der Waals surface area contributed by atoms with E-state index in [1.54, 1.807) is 6.21 Å². The van der Waals surface area contributed by atoms with Gasteiger partial charge in [-0.1, -0.05) is 78.9 Å². The number of hydrazone groups is 1. The lowest BCUT2D eigenvalue weighted by atomic mass is 10.1. The molecule has 0 saturated carbocycles. The quantitative estimate of drug-likeness (QED) is 0.0973. The molecular weight excluding hydrogens is 670 g/mol. The zero-order valence-corrected chi connectivity index (χ0v) is 25.9. The Balaban J connectivity index is 1.17. The van der Waals surface area contributed by atoms with Gasteiger partial charge in [0.25, 0.3) is 0 Å². The smallest absolute Gasteiger partial charge is 0.250 e. The summed E-state index contributed by atoms with van der Waals surface area (Å²) in [5.41, 5.74) is 6.59. The zero-order chi connectivity index (χ0) is 29.4. The van der Waals surface area contributed by atoms with Gasteiger partial charge in [-0.15, -0.1) is 0 Å². The van der Waals surface area contributed by atoms with E-state index in [9.17, 15) is 0 Å². The van der Waals surface area contributed by atoms with Crippen molar-refractivity contribution in [2.45, 2.75) is 6.61 Å². The van der Waals surface area contributed by atoms with Crippen LogP contribution in [0.15, 0.2) is 129 Å². The number of nitrogens with one attached hydrogen (secondary N) is 3. The highest BCUT2D eigenvalue weighted by Crippen LogP contribution is 2.35. The number of anilines is 5. The van der Waals surface area contributed by atoms with Crippen molar-refractivity contribution in [3.05, 3.63) is 135 Å². The van der Waals surface area contributed by atoms with Gasteiger partial charge in [-0.05, 0) is 90.2 Å². The summed E-state index contributed by atoms with van der Waals surface area (Å²) in [6.45, 7) is 0.436. The van der Waals surface area contributed by atoms with Crippen molar-refractivity contribution in [2.75, 3.05) is 16.1 Å². The SMILES string of the molecule is Brc1cc(/C=N/Nc2nc(Nc3ccccc3)nc(Nc3ccccc3)n2)cc(Br)c1OCc1cccc2ccccc12.